The summed E-state index contributed by atoms with van der Waals surface area (Å²) >= 11 is 0. The van der Waals surface area contributed by atoms with E-state index < -0.39 is 5.97 Å². The smallest absolute Gasteiger partial charge is 0.321 e. The standard InChI is InChI=1S/C14H20N2O3/c1-3-4-8-16(2)14(19)15-12-7-5-6-11(9-12)10-13(17)18/h5-7,9H,3-4,8,10H2,1-2H3,(H,15,19)(H,17,18). The van der Waals surface area contributed by atoms with Crippen molar-refractivity contribution in [3.05, 3.63) is 29.8 Å². The van der Waals surface area contributed by atoms with Gasteiger partial charge in [0.1, 0.15) is 0 Å². The van der Waals surface area contributed by atoms with Crippen LogP contribution in [-0.4, -0.2) is 35.6 Å². The lowest BCUT2D eigenvalue weighted by molar-refractivity contribution is -0.136. The van der Waals surface area contributed by atoms with Crippen LogP contribution in [0.2, 0.25) is 0 Å². The maximum absolute atomic E-state index is 11.9. The SMILES string of the molecule is CCCCN(C)C(=O)Nc1cccc(CC(=O)O)c1. The molecule has 0 aliphatic carbocycles. The number of nitrogens with one attached hydrogen (secondary N) is 1. The maximum Gasteiger partial charge on any atom is 0.321 e. The van der Waals surface area contributed by atoms with E-state index in [1.54, 1.807) is 36.2 Å². The first-order chi connectivity index (χ1) is 9.02. The largest absolute Gasteiger partial charge is 0.481 e. The number of nitrogens with zero attached hydrogens (tertiary/aromatic N) is 1. The molecule has 1 rings (SSSR count). The highest BCUT2D eigenvalue weighted by molar-refractivity contribution is 5.89. The van der Waals surface area contributed by atoms with Crippen LogP contribution >= 0.6 is 0 Å². The molecule has 0 aliphatic heterocycles. The van der Waals surface area contributed by atoms with Gasteiger partial charge >= 0.3 is 12.0 Å². The number of benzene rings is 1. The molecule has 1 aromatic carbocycles. The predicted molar refractivity (Wildman–Crippen MR) is 74.3 cm³/mol. The lowest BCUT2D eigenvalue weighted by atomic mass is 10.1. The summed E-state index contributed by atoms with van der Waals surface area (Å²) in [5.74, 6) is -0.886. The Morgan fingerprint density at radius 1 is 1.37 bits per heavy atom. The number of carboxylic acids is 1. The highest BCUT2D eigenvalue weighted by Gasteiger charge is 2.08. The molecule has 0 radical (unpaired) electrons. The van der Waals surface area contributed by atoms with Gasteiger partial charge in [0.15, 0.2) is 0 Å². The molecule has 104 valence electrons. The molecule has 2 N–H and O–H groups in total. The van der Waals surface area contributed by atoms with E-state index in [1.807, 2.05) is 0 Å². The van der Waals surface area contributed by atoms with Crippen LogP contribution in [0.3, 0.4) is 0 Å². The normalized spacial score (nSPS) is 10.0. The number of carboxylic acid groups (broad SMARTS) is 1. The van der Waals surface area contributed by atoms with Gasteiger partial charge in [0.05, 0.1) is 6.42 Å². The molecular weight excluding hydrogens is 244 g/mol. The molecule has 0 saturated carbocycles. The van der Waals surface area contributed by atoms with Crippen LogP contribution in [0.15, 0.2) is 24.3 Å². The van der Waals surface area contributed by atoms with Crippen molar-refractivity contribution in [1.82, 2.24) is 4.90 Å². The average molecular weight is 264 g/mol. The number of carbonyl (C=O) groups is 2. The van der Waals surface area contributed by atoms with Crippen LogP contribution in [0, 0.1) is 0 Å². The Morgan fingerprint density at radius 2 is 2.11 bits per heavy atom. The van der Waals surface area contributed by atoms with E-state index in [0.29, 0.717) is 17.8 Å². The van der Waals surface area contributed by atoms with E-state index in [9.17, 15) is 9.59 Å². The minimum atomic E-state index is -0.886. The van der Waals surface area contributed by atoms with Crippen LogP contribution in [-0.2, 0) is 11.2 Å². The number of hydrogen-bond acceptors (Lipinski definition) is 2. The number of carbonyl (C=O) groups excluding carboxylic acids is 1. The van der Waals surface area contributed by atoms with Gasteiger partial charge in [-0.3, -0.25) is 4.79 Å². The quantitative estimate of drug-likeness (QED) is 0.829. The van der Waals surface area contributed by atoms with Gasteiger partial charge in [-0.05, 0) is 24.1 Å². The number of rotatable bonds is 6. The molecule has 0 atom stereocenters. The van der Waals surface area contributed by atoms with E-state index in [0.717, 1.165) is 12.8 Å². The van der Waals surface area contributed by atoms with Crippen LogP contribution in [0.1, 0.15) is 25.3 Å². The van der Waals surface area contributed by atoms with Crippen LogP contribution < -0.4 is 5.32 Å². The fraction of sp³-hybridized carbons (Fsp3) is 0.429. The molecule has 0 heterocycles. The first-order valence-corrected chi connectivity index (χ1v) is 6.35. The lowest BCUT2D eigenvalue weighted by Gasteiger charge is -2.17. The van der Waals surface area contributed by atoms with Crippen molar-refractivity contribution in [2.75, 3.05) is 18.9 Å². The predicted octanol–water partition coefficient (Wildman–Crippen LogP) is 2.58. The Labute approximate surface area is 113 Å². The number of amides is 2. The summed E-state index contributed by atoms with van der Waals surface area (Å²) in [4.78, 5) is 24.1. The van der Waals surface area contributed by atoms with Gasteiger partial charge in [0.2, 0.25) is 0 Å². The van der Waals surface area contributed by atoms with Crippen LogP contribution in [0.4, 0.5) is 10.5 Å². The zero-order chi connectivity index (χ0) is 14.3. The van der Waals surface area contributed by atoms with Crippen molar-refractivity contribution in [2.45, 2.75) is 26.2 Å². The lowest BCUT2D eigenvalue weighted by Crippen LogP contribution is -2.32. The van der Waals surface area contributed by atoms with E-state index in [-0.39, 0.29) is 12.5 Å². The van der Waals surface area contributed by atoms with Gasteiger partial charge in [0, 0.05) is 19.3 Å². The number of unbranched alkanes of at least 4 members (excludes halogenated alkanes) is 1. The second-order valence-electron chi connectivity index (χ2n) is 4.48. The zero-order valence-corrected chi connectivity index (χ0v) is 11.3. The second-order valence-corrected chi connectivity index (χ2v) is 4.48. The number of anilines is 1. The Kier molecular flexibility index (Phi) is 5.85. The van der Waals surface area contributed by atoms with Gasteiger partial charge < -0.3 is 15.3 Å². The molecule has 5 heteroatoms. The highest BCUT2D eigenvalue weighted by Crippen LogP contribution is 2.12. The van der Waals surface area contributed by atoms with Gasteiger partial charge in [-0.15, -0.1) is 0 Å². The second kappa shape index (κ2) is 7.41. The van der Waals surface area contributed by atoms with E-state index in [2.05, 4.69) is 12.2 Å². The zero-order valence-electron chi connectivity index (χ0n) is 11.3. The van der Waals surface area contributed by atoms with Gasteiger partial charge in [-0.25, -0.2) is 4.79 Å². The fourth-order valence-corrected chi connectivity index (χ4v) is 1.65. The van der Waals surface area contributed by atoms with E-state index in [4.69, 9.17) is 5.11 Å². The molecule has 0 spiro atoms. The molecule has 5 nitrogen and oxygen atoms in total. The van der Waals surface area contributed by atoms with Crippen LogP contribution in [0.25, 0.3) is 0 Å². The molecule has 0 fully saturated rings. The van der Waals surface area contributed by atoms with Crippen molar-refractivity contribution < 1.29 is 14.7 Å². The van der Waals surface area contributed by atoms with Gasteiger partial charge in [-0.1, -0.05) is 25.5 Å². The molecule has 0 aliphatic rings. The number of aliphatic carboxylic acids is 1. The first kappa shape index (κ1) is 15.0. The summed E-state index contributed by atoms with van der Waals surface area (Å²) in [6, 6.07) is 6.71. The highest BCUT2D eigenvalue weighted by atomic mass is 16.4. The van der Waals surface area contributed by atoms with E-state index in [1.165, 1.54) is 0 Å². The third-order valence-corrected chi connectivity index (χ3v) is 2.73. The Balaban J connectivity index is 2.61. The molecule has 0 unspecified atom stereocenters. The number of urea groups is 1. The molecule has 0 aromatic heterocycles. The molecular formula is C14H20N2O3. The Morgan fingerprint density at radius 3 is 2.74 bits per heavy atom. The summed E-state index contributed by atoms with van der Waals surface area (Å²) in [7, 11) is 1.74. The minimum absolute atomic E-state index is 0.0462. The fourth-order valence-electron chi connectivity index (χ4n) is 1.65. The Bertz CT molecular complexity index is 446. The van der Waals surface area contributed by atoms with Crippen molar-refractivity contribution in [3.8, 4) is 0 Å². The van der Waals surface area contributed by atoms with Gasteiger partial charge in [0.25, 0.3) is 0 Å². The average Bonchev–Trinajstić information content (AvgIpc) is 2.35. The third kappa shape index (κ3) is 5.42. The van der Waals surface area contributed by atoms with Crippen molar-refractivity contribution in [2.24, 2.45) is 0 Å². The van der Waals surface area contributed by atoms with Crippen molar-refractivity contribution >= 4 is 17.7 Å². The summed E-state index contributed by atoms with van der Waals surface area (Å²) in [6.45, 7) is 2.78. The maximum atomic E-state index is 11.9. The van der Waals surface area contributed by atoms with Crippen molar-refractivity contribution in [1.29, 1.82) is 0 Å². The molecule has 2 amide bonds. The van der Waals surface area contributed by atoms with Crippen molar-refractivity contribution in [3.63, 3.8) is 0 Å². The van der Waals surface area contributed by atoms with Crippen LogP contribution in [0.5, 0.6) is 0 Å². The first-order valence-electron chi connectivity index (χ1n) is 6.35. The van der Waals surface area contributed by atoms with E-state index >= 15 is 0 Å². The summed E-state index contributed by atoms with van der Waals surface area (Å²) in [6.07, 6.45) is 1.95. The molecule has 0 saturated heterocycles. The molecule has 19 heavy (non-hydrogen) atoms. The monoisotopic (exact) mass is 264 g/mol. The molecule has 0 bridgehead atoms. The summed E-state index contributed by atoms with van der Waals surface area (Å²) in [5, 5.41) is 11.5. The summed E-state index contributed by atoms with van der Waals surface area (Å²) in [5.41, 5.74) is 1.29. The molecule has 1 aromatic rings. The minimum Gasteiger partial charge on any atom is -0.481 e. The third-order valence-electron chi connectivity index (χ3n) is 2.73. The van der Waals surface area contributed by atoms with Gasteiger partial charge in [-0.2, -0.15) is 0 Å². The topological polar surface area (TPSA) is 69.6 Å². The Hall–Kier alpha value is -2.04. The number of hydrogen-bond donors (Lipinski definition) is 2. The summed E-state index contributed by atoms with van der Waals surface area (Å²) < 4.78 is 0.